The fourth-order valence-electron chi connectivity index (χ4n) is 2.24. The second-order valence-electron chi connectivity index (χ2n) is 5.22. The fourth-order valence-corrected chi connectivity index (χ4v) is 2.24. The highest BCUT2D eigenvalue weighted by molar-refractivity contribution is 5.50. The van der Waals surface area contributed by atoms with Gasteiger partial charge in [-0.05, 0) is 42.3 Å². The van der Waals surface area contributed by atoms with E-state index in [2.05, 4.69) is 42.4 Å². The van der Waals surface area contributed by atoms with Crippen molar-refractivity contribution in [2.24, 2.45) is 0 Å². The van der Waals surface area contributed by atoms with Crippen LogP contribution in [0, 0.1) is 6.92 Å². The molecule has 2 rings (SSSR count). The summed E-state index contributed by atoms with van der Waals surface area (Å²) in [6.07, 6.45) is 1.71. The Labute approximate surface area is 126 Å². The molecule has 0 saturated carbocycles. The largest absolute Gasteiger partial charge is 0.467 e. The Bertz CT molecular complexity index is 538. The quantitative estimate of drug-likeness (QED) is 0.758. The number of aryl methyl sites for hydroxylation is 1. The maximum Gasteiger partial charge on any atom is 0.123 e. The van der Waals surface area contributed by atoms with Gasteiger partial charge in [-0.15, -0.1) is 0 Å². The lowest BCUT2D eigenvalue weighted by molar-refractivity contribution is 0.199. The van der Waals surface area contributed by atoms with E-state index in [1.54, 1.807) is 13.4 Å². The highest BCUT2D eigenvalue weighted by Crippen LogP contribution is 2.20. The van der Waals surface area contributed by atoms with Crippen molar-refractivity contribution in [2.75, 3.05) is 32.2 Å². The summed E-state index contributed by atoms with van der Waals surface area (Å²) in [7, 11) is 3.80. The van der Waals surface area contributed by atoms with Crippen LogP contribution in [0.3, 0.4) is 0 Å². The molecule has 2 aromatic rings. The summed E-state index contributed by atoms with van der Waals surface area (Å²) in [6.45, 7) is 5.41. The van der Waals surface area contributed by atoms with Gasteiger partial charge in [-0.25, -0.2) is 0 Å². The molecule has 0 saturated heterocycles. The predicted molar refractivity (Wildman–Crippen MR) is 85.6 cm³/mol. The Morgan fingerprint density at radius 3 is 2.81 bits per heavy atom. The molecule has 0 aliphatic heterocycles. The first kappa shape index (κ1) is 15.6. The van der Waals surface area contributed by atoms with Crippen LogP contribution >= 0.6 is 0 Å². The first-order valence-electron chi connectivity index (χ1n) is 7.23. The SMILES string of the molecule is COCCNCc1ccc(N(C)Cc2ccco2)cc1C. The zero-order valence-corrected chi connectivity index (χ0v) is 13.1. The number of rotatable bonds is 8. The molecule has 1 heterocycles. The van der Waals surface area contributed by atoms with Crippen molar-refractivity contribution < 1.29 is 9.15 Å². The normalized spacial score (nSPS) is 10.8. The van der Waals surface area contributed by atoms with E-state index >= 15 is 0 Å². The zero-order chi connectivity index (χ0) is 15.1. The molecule has 4 heteroatoms. The van der Waals surface area contributed by atoms with Gasteiger partial charge in [0.1, 0.15) is 5.76 Å². The molecule has 0 atom stereocenters. The molecule has 0 fully saturated rings. The van der Waals surface area contributed by atoms with Crippen LogP contribution in [0.15, 0.2) is 41.0 Å². The fraction of sp³-hybridized carbons (Fsp3) is 0.412. The van der Waals surface area contributed by atoms with Crippen molar-refractivity contribution in [2.45, 2.75) is 20.0 Å². The van der Waals surface area contributed by atoms with Gasteiger partial charge in [-0.3, -0.25) is 0 Å². The molecule has 4 nitrogen and oxygen atoms in total. The number of benzene rings is 1. The second-order valence-corrected chi connectivity index (χ2v) is 5.22. The molecule has 21 heavy (non-hydrogen) atoms. The molecule has 114 valence electrons. The number of methoxy groups -OCH3 is 1. The van der Waals surface area contributed by atoms with Crippen molar-refractivity contribution in [1.82, 2.24) is 5.32 Å². The molecule has 0 spiro atoms. The summed E-state index contributed by atoms with van der Waals surface area (Å²) in [5.74, 6) is 0.973. The summed E-state index contributed by atoms with van der Waals surface area (Å²) in [5, 5.41) is 3.37. The topological polar surface area (TPSA) is 37.6 Å². The summed E-state index contributed by atoms with van der Waals surface area (Å²) in [5.41, 5.74) is 3.81. The van der Waals surface area contributed by atoms with Gasteiger partial charge in [-0.1, -0.05) is 6.07 Å². The van der Waals surface area contributed by atoms with Crippen molar-refractivity contribution in [3.8, 4) is 0 Å². The van der Waals surface area contributed by atoms with Crippen LogP contribution in [0.2, 0.25) is 0 Å². The van der Waals surface area contributed by atoms with Gasteiger partial charge in [0.05, 0.1) is 19.4 Å². The van der Waals surface area contributed by atoms with Gasteiger partial charge in [0, 0.05) is 32.9 Å². The number of hydrogen-bond acceptors (Lipinski definition) is 4. The zero-order valence-electron chi connectivity index (χ0n) is 13.1. The van der Waals surface area contributed by atoms with E-state index in [0.717, 1.165) is 32.0 Å². The molecule has 0 bridgehead atoms. The lowest BCUT2D eigenvalue weighted by atomic mass is 10.1. The average Bonchev–Trinajstić information content (AvgIpc) is 2.97. The minimum Gasteiger partial charge on any atom is -0.467 e. The Morgan fingerprint density at radius 2 is 2.14 bits per heavy atom. The van der Waals surface area contributed by atoms with Crippen LogP contribution in [-0.2, 0) is 17.8 Å². The lowest BCUT2D eigenvalue weighted by Crippen LogP contribution is -2.19. The van der Waals surface area contributed by atoms with Crippen LogP contribution in [0.4, 0.5) is 5.69 Å². The first-order chi connectivity index (χ1) is 10.2. The van der Waals surface area contributed by atoms with E-state index in [1.807, 2.05) is 12.1 Å². The minimum absolute atomic E-state index is 0.739. The average molecular weight is 288 g/mol. The summed E-state index contributed by atoms with van der Waals surface area (Å²) in [6, 6.07) is 10.5. The number of anilines is 1. The number of nitrogens with zero attached hydrogens (tertiary/aromatic N) is 1. The highest BCUT2D eigenvalue weighted by atomic mass is 16.5. The smallest absolute Gasteiger partial charge is 0.123 e. The van der Waals surface area contributed by atoms with E-state index in [4.69, 9.17) is 9.15 Å². The standard InChI is InChI=1S/C17H24N2O2/c1-14-11-16(19(2)13-17-5-4-9-21-17)7-6-15(14)12-18-8-10-20-3/h4-7,9,11,18H,8,10,12-13H2,1-3H3. The molecule has 1 aromatic carbocycles. The first-order valence-corrected chi connectivity index (χ1v) is 7.23. The van der Waals surface area contributed by atoms with Gasteiger partial charge < -0.3 is 19.4 Å². The molecule has 1 aromatic heterocycles. The predicted octanol–water partition coefficient (Wildman–Crippen LogP) is 2.96. The van der Waals surface area contributed by atoms with Crippen LogP contribution in [-0.4, -0.2) is 27.3 Å². The van der Waals surface area contributed by atoms with Gasteiger partial charge >= 0.3 is 0 Å². The maximum atomic E-state index is 5.39. The van der Waals surface area contributed by atoms with Crippen LogP contribution < -0.4 is 10.2 Å². The third-order valence-electron chi connectivity index (χ3n) is 3.54. The number of ether oxygens (including phenoxy) is 1. The number of hydrogen-bond donors (Lipinski definition) is 1. The second kappa shape index (κ2) is 7.86. The molecule has 0 aliphatic rings. The Hall–Kier alpha value is -1.78. The lowest BCUT2D eigenvalue weighted by Gasteiger charge is -2.19. The molecular formula is C17H24N2O2. The number of furan rings is 1. The number of nitrogens with one attached hydrogen (secondary N) is 1. The monoisotopic (exact) mass is 288 g/mol. The van der Waals surface area contributed by atoms with Gasteiger partial charge in [0.15, 0.2) is 0 Å². The molecule has 1 N–H and O–H groups in total. The molecule has 0 aliphatic carbocycles. The minimum atomic E-state index is 0.739. The maximum absolute atomic E-state index is 5.39. The van der Waals surface area contributed by atoms with E-state index < -0.39 is 0 Å². The van der Waals surface area contributed by atoms with Crippen LogP contribution in [0.25, 0.3) is 0 Å². The molecule has 0 unspecified atom stereocenters. The van der Waals surface area contributed by atoms with Crippen LogP contribution in [0.1, 0.15) is 16.9 Å². The third-order valence-corrected chi connectivity index (χ3v) is 3.54. The summed E-state index contributed by atoms with van der Waals surface area (Å²) >= 11 is 0. The van der Waals surface area contributed by atoms with Crippen LogP contribution in [0.5, 0.6) is 0 Å². The van der Waals surface area contributed by atoms with Gasteiger partial charge in [0.25, 0.3) is 0 Å². The highest BCUT2D eigenvalue weighted by Gasteiger charge is 2.06. The van der Waals surface area contributed by atoms with Crippen molar-refractivity contribution in [3.63, 3.8) is 0 Å². The van der Waals surface area contributed by atoms with Crippen molar-refractivity contribution in [1.29, 1.82) is 0 Å². The van der Waals surface area contributed by atoms with E-state index in [9.17, 15) is 0 Å². The molecule has 0 amide bonds. The summed E-state index contributed by atoms with van der Waals surface area (Å²) in [4.78, 5) is 2.19. The molecular weight excluding hydrogens is 264 g/mol. The summed E-state index contributed by atoms with van der Waals surface area (Å²) < 4.78 is 10.4. The van der Waals surface area contributed by atoms with E-state index in [1.165, 1.54) is 16.8 Å². The van der Waals surface area contributed by atoms with E-state index in [-0.39, 0.29) is 0 Å². The Balaban J connectivity index is 1.94. The Kier molecular flexibility index (Phi) is 5.84. The van der Waals surface area contributed by atoms with E-state index in [0.29, 0.717) is 0 Å². The Morgan fingerprint density at radius 1 is 1.29 bits per heavy atom. The van der Waals surface area contributed by atoms with Crippen molar-refractivity contribution >= 4 is 5.69 Å². The van der Waals surface area contributed by atoms with Crippen molar-refractivity contribution in [3.05, 3.63) is 53.5 Å². The third kappa shape index (κ3) is 4.62. The molecule has 0 radical (unpaired) electrons. The van der Waals surface area contributed by atoms with Gasteiger partial charge in [0.2, 0.25) is 0 Å². The van der Waals surface area contributed by atoms with Gasteiger partial charge in [-0.2, -0.15) is 0 Å².